The molecule has 0 fully saturated rings. The smallest absolute Gasteiger partial charge is 0.229 e. The molecule has 1 N–H and O–H groups in total. The van der Waals surface area contributed by atoms with Crippen molar-refractivity contribution < 1.29 is 0 Å². The number of benzene rings is 1. The van der Waals surface area contributed by atoms with Crippen molar-refractivity contribution in [3.8, 4) is 0 Å². The fourth-order valence-electron chi connectivity index (χ4n) is 2.61. The summed E-state index contributed by atoms with van der Waals surface area (Å²) < 4.78 is 1.77. The highest BCUT2D eigenvalue weighted by molar-refractivity contribution is 6.31. The molecule has 3 aromatic rings. The van der Waals surface area contributed by atoms with Crippen LogP contribution in [0.1, 0.15) is 19.4 Å². The average Bonchev–Trinajstić information content (AvgIpc) is 2.97. The van der Waals surface area contributed by atoms with E-state index in [1.165, 1.54) is 0 Å². The van der Waals surface area contributed by atoms with Gasteiger partial charge < -0.3 is 10.2 Å². The summed E-state index contributed by atoms with van der Waals surface area (Å²) in [6.07, 6.45) is 1.79. The number of rotatable bonds is 6. The van der Waals surface area contributed by atoms with Crippen molar-refractivity contribution in [3.63, 3.8) is 0 Å². The van der Waals surface area contributed by atoms with Crippen LogP contribution in [0.5, 0.6) is 0 Å². The van der Waals surface area contributed by atoms with Crippen LogP contribution in [0.4, 0.5) is 11.8 Å². The maximum Gasteiger partial charge on any atom is 0.229 e. The molecule has 0 aliphatic heterocycles. The van der Waals surface area contributed by atoms with Crippen LogP contribution in [0.2, 0.25) is 5.02 Å². The highest BCUT2D eigenvalue weighted by Crippen LogP contribution is 2.24. The van der Waals surface area contributed by atoms with Crippen molar-refractivity contribution in [2.45, 2.75) is 20.4 Å². The fraction of sp³-hybridized carbons (Fsp3) is 0.353. The van der Waals surface area contributed by atoms with Crippen LogP contribution in [0.25, 0.3) is 11.0 Å². The molecule has 0 bridgehead atoms. The van der Waals surface area contributed by atoms with Gasteiger partial charge in [0.25, 0.3) is 0 Å². The number of nitrogens with zero attached hydrogens (tertiary/aromatic N) is 5. The normalized spacial score (nSPS) is 11.0. The number of anilines is 2. The van der Waals surface area contributed by atoms with Gasteiger partial charge in [0.15, 0.2) is 5.65 Å². The van der Waals surface area contributed by atoms with Gasteiger partial charge in [0.05, 0.1) is 11.6 Å². The topological polar surface area (TPSA) is 58.9 Å². The SMILES string of the molecule is CCN(CC)c1nc(NCc2ccccc2Cl)c2cnn(C)c2n1. The standard InChI is InChI=1S/C17H21ClN6/c1-4-24(5-2)17-21-15(13-11-20-23(3)16(13)22-17)19-10-12-8-6-7-9-14(12)18/h6-9,11H,4-5,10H2,1-3H3,(H,19,21,22). The Morgan fingerprint density at radius 3 is 2.62 bits per heavy atom. The Balaban J connectivity index is 1.98. The minimum Gasteiger partial charge on any atom is -0.365 e. The maximum atomic E-state index is 6.24. The van der Waals surface area contributed by atoms with E-state index in [1.54, 1.807) is 10.9 Å². The molecule has 0 aliphatic rings. The van der Waals surface area contributed by atoms with E-state index in [4.69, 9.17) is 16.6 Å². The lowest BCUT2D eigenvalue weighted by molar-refractivity contribution is 0.776. The maximum absolute atomic E-state index is 6.24. The fourth-order valence-corrected chi connectivity index (χ4v) is 2.82. The van der Waals surface area contributed by atoms with Crippen LogP contribution < -0.4 is 10.2 Å². The van der Waals surface area contributed by atoms with Crippen LogP contribution in [-0.2, 0) is 13.6 Å². The average molecular weight is 345 g/mol. The van der Waals surface area contributed by atoms with Crippen molar-refractivity contribution in [2.75, 3.05) is 23.3 Å². The van der Waals surface area contributed by atoms with E-state index in [-0.39, 0.29) is 0 Å². The highest BCUT2D eigenvalue weighted by Gasteiger charge is 2.14. The minimum atomic E-state index is 0.596. The number of aromatic nitrogens is 4. The summed E-state index contributed by atoms with van der Waals surface area (Å²) in [6.45, 7) is 6.49. The Hall–Kier alpha value is -2.34. The molecule has 0 unspecified atom stereocenters. The summed E-state index contributed by atoms with van der Waals surface area (Å²) in [6, 6.07) is 7.79. The van der Waals surface area contributed by atoms with Gasteiger partial charge in [-0.25, -0.2) is 0 Å². The summed E-state index contributed by atoms with van der Waals surface area (Å²) in [5.74, 6) is 1.48. The molecule has 0 saturated carbocycles. The van der Waals surface area contributed by atoms with E-state index in [0.29, 0.717) is 12.5 Å². The zero-order valence-corrected chi connectivity index (χ0v) is 14.9. The largest absolute Gasteiger partial charge is 0.365 e. The van der Waals surface area contributed by atoms with Crippen LogP contribution in [0.15, 0.2) is 30.5 Å². The molecule has 6 nitrogen and oxygen atoms in total. The van der Waals surface area contributed by atoms with Gasteiger partial charge in [0, 0.05) is 31.7 Å². The third-order valence-corrected chi connectivity index (χ3v) is 4.40. The number of aryl methyl sites for hydroxylation is 1. The zero-order chi connectivity index (χ0) is 17.1. The Morgan fingerprint density at radius 2 is 1.92 bits per heavy atom. The van der Waals surface area contributed by atoms with Crippen LogP contribution in [0.3, 0.4) is 0 Å². The number of hydrogen-bond acceptors (Lipinski definition) is 5. The molecule has 0 aliphatic carbocycles. The van der Waals surface area contributed by atoms with E-state index in [0.717, 1.165) is 40.5 Å². The number of halogens is 1. The van der Waals surface area contributed by atoms with Gasteiger partial charge in [-0.3, -0.25) is 4.68 Å². The zero-order valence-electron chi connectivity index (χ0n) is 14.1. The molecule has 126 valence electrons. The molecule has 3 rings (SSSR count). The molecule has 2 aromatic heterocycles. The first kappa shape index (κ1) is 16.5. The van der Waals surface area contributed by atoms with Gasteiger partial charge in [-0.05, 0) is 25.5 Å². The van der Waals surface area contributed by atoms with Crippen molar-refractivity contribution >= 4 is 34.4 Å². The van der Waals surface area contributed by atoms with Crippen LogP contribution in [0, 0.1) is 0 Å². The molecule has 0 spiro atoms. The molecule has 7 heteroatoms. The van der Waals surface area contributed by atoms with Gasteiger partial charge in [0.2, 0.25) is 5.95 Å². The first-order valence-corrected chi connectivity index (χ1v) is 8.43. The molecular formula is C17H21ClN6. The summed E-state index contributed by atoms with van der Waals surface area (Å²) >= 11 is 6.24. The lowest BCUT2D eigenvalue weighted by Gasteiger charge is -2.19. The van der Waals surface area contributed by atoms with Crippen LogP contribution >= 0.6 is 11.6 Å². The Bertz CT molecular complexity index is 840. The molecule has 0 radical (unpaired) electrons. The van der Waals surface area contributed by atoms with Gasteiger partial charge in [0.1, 0.15) is 5.82 Å². The summed E-state index contributed by atoms with van der Waals surface area (Å²) in [4.78, 5) is 11.5. The second-order valence-electron chi connectivity index (χ2n) is 5.49. The highest BCUT2D eigenvalue weighted by atomic mass is 35.5. The molecule has 0 amide bonds. The molecule has 2 heterocycles. The second kappa shape index (κ2) is 7.05. The van der Waals surface area contributed by atoms with E-state index in [2.05, 4.69) is 34.1 Å². The molecule has 24 heavy (non-hydrogen) atoms. The number of fused-ring (bicyclic) bond motifs is 1. The quantitative estimate of drug-likeness (QED) is 0.742. The van der Waals surface area contributed by atoms with Gasteiger partial charge >= 0.3 is 0 Å². The Labute approximate surface area is 146 Å². The summed E-state index contributed by atoms with van der Waals surface area (Å²) in [5.41, 5.74) is 1.84. The third kappa shape index (κ3) is 3.14. The summed E-state index contributed by atoms with van der Waals surface area (Å²) in [7, 11) is 1.89. The first-order chi connectivity index (χ1) is 11.6. The molecule has 1 aromatic carbocycles. The predicted molar refractivity (Wildman–Crippen MR) is 98.6 cm³/mol. The van der Waals surface area contributed by atoms with Crippen molar-refractivity contribution in [1.82, 2.24) is 19.7 Å². The van der Waals surface area contributed by atoms with Crippen molar-refractivity contribution in [3.05, 3.63) is 41.0 Å². The van der Waals surface area contributed by atoms with E-state index >= 15 is 0 Å². The second-order valence-corrected chi connectivity index (χ2v) is 5.90. The lowest BCUT2D eigenvalue weighted by atomic mass is 10.2. The molecule has 0 saturated heterocycles. The van der Waals surface area contributed by atoms with Gasteiger partial charge in [-0.2, -0.15) is 15.1 Å². The minimum absolute atomic E-state index is 0.596. The predicted octanol–water partition coefficient (Wildman–Crippen LogP) is 3.48. The number of nitrogens with one attached hydrogen (secondary N) is 1. The molecule has 0 atom stereocenters. The van der Waals surface area contributed by atoms with Crippen molar-refractivity contribution in [1.29, 1.82) is 0 Å². The Morgan fingerprint density at radius 1 is 1.17 bits per heavy atom. The summed E-state index contributed by atoms with van der Waals surface area (Å²) in [5, 5.41) is 9.34. The van der Waals surface area contributed by atoms with Crippen molar-refractivity contribution in [2.24, 2.45) is 7.05 Å². The Kier molecular flexibility index (Phi) is 4.85. The monoisotopic (exact) mass is 344 g/mol. The van der Waals surface area contributed by atoms with E-state index in [9.17, 15) is 0 Å². The van der Waals surface area contributed by atoms with Crippen LogP contribution in [-0.4, -0.2) is 32.8 Å². The number of hydrogen-bond donors (Lipinski definition) is 1. The van der Waals surface area contributed by atoms with E-state index in [1.807, 2.05) is 31.3 Å². The van der Waals surface area contributed by atoms with E-state index < -0.39 is 0 Å². The van der Waals surface area contributed by atoms with Gasteiger partial charge in [-0.1, -0.05) is 29.8 Å². The molecular weight excluding hydrogens is 324 g/mol. The lowest BCUT2D eigenvalue weighted by Crippen LogP contribution is -2.24. The third-order valence-electron chi connectivity index (χ3n) is 4.03. The first-order valence-electron chi connectivity index (χ1n) is 8.06. The van der Waals surface area contributed by atoms with Gasteiger partial charge in [-0.15, -0.1) is 0 Å².